The predicted molar refractivity (Wildman–Crippen MR) is 84.7 cm³/mol. The molecule has 0 heterocycles. The second kappa shape index (κ2) is 8.05. The first-order valence-corrected chi connectivity index (χ1v) is 7.45. The number of carbonyl (C=O) groups is 1. The molecule has 0 aliphatic rings. The molecule has 0 radical (unpaired) electrons. The summed E-state index contributed by atoms with van der Waals surface area (Å²) in [6.07, 6.45) is 2.03. The molecule has 0 aliphatic carbocycles. The Morgan fingerprint density at radius 2 is 1.85 bits per heavy atom. The third kappa shape index (κ3) is 7.29. The van der Waals surface area contributed by atoms with Crippen molar-refractivity contribution in [3.8, 4) is 0 Å². The molecule has 0 aliphatic heterocycles. The minimum Gasteiger partial charge on any atom is -0.355 e. The van der Waals surface area contributed by atoms with Crippen LogP contribution in [0.3, 0.4) is 0 Å². The van der Waals surface area contributed by atoms with Crippen LogP contribution in [0, 0.1) is 5.92 Å². The summed E-state index contributed by atoms with van der Waals surface area (Å²) in [6, 6.07) is 10.5. The van der Waals surface area contributed by atoms with Gasteiger partial charge in [0.05, 0.1) is 6.54 Å². The molecule has 112 valence electrons. The van der Waals surface area contributed by atoms with E-state index in [1.807, 2.05) is 6.07 Å². The molecule has 0 bridgehead atoms. The second-order valence-corrected chi connectivity index (χ2v) is 6.42. The van der Waals surface area contributed by atoms with Crippen molar-refractivity contribution in [1.29, 1.82) is 0 Å². The zero-order valence-electron chi connectivity index (χ0n) is 13.2. The van der Waals surface area contributed by atoms with Crippen LogP contribution in [0.2, 0.25) is 0 Å². The highest BCUT2D eigenvalue weighted by Gasteiger charge is 2.18. The van der Waals surface area contributed by atoms with E-state index in [0.29, 0.717) is 12.5 Å². The molecule has 0 atom stereocenters. The molecule has 0 unspecified atom stereocenters. The molecule has 0 aromatic heterocycles. The van der Waals surface area contributed by atoms with Crippen LogP contribution < -0.4 is 10.6 Å². The van der Waals surface area contributed by atoms with E-state index in [0.717, 1.165) is 19.4 Å². The van der Waals surface area contributed by atoms with E-state index >= 15 is 0 Å². The average molecular weight is 276 g/mol. The van der Waals surface area contributed by atoms with E-state index in [9.17, 15) is 4.79 Å². The van der Waals surface area contributed by atoms with E-state index in [-0.39, 0.29) is 11.4 Å². The summed E-state index contributed by atoms with van der Waals surface area (Å²) in [6.45, 7) is 9.60. The van der Waals surface area contributed by atoms with Gasteiger partial charge in [-0.3, -0.25) is 4.79 Å². The SMILES string of the molecule is CC(C)CNC(=O)CNC(C)(C)CCc1ccccc1. The summed E-state index contributed by atoms with van der Waals surface area (Å²) < 4.78 is 0. The van der Waals surface area contributed by atoms with Gasteiger partial charge in [0.2, 0.25) is 5.91 Å². The Kier molecular flexibility index (Phi) is 6.73. The smallest absolute Gasteiger partial charge is 0.233 e. The molecule has 1 amide bonds. The van der Waals surface area contributed by atoms with E-state index < -0.39 is 0 Å². The fourth-order valence-electron chi connectivity index (χ4n) is 1.89. The normalized spacial score (nSPS) is 11.7. The zero-order valence-corrected chi connectivity index (χ0v) is 13.2. The zero-order chi connectivity index (χ0) is 15.0. The monoisotopic (exact) mass is 276 g/mol. The van der Waals surface area contributed by atoms with Gasteiger partial charge in [-0.25, -0.2) is 0 Å². The fraction of sp³-hybridized carbons (Fsp3) is 0.588. The van der Waals surface area contributed by atoms with E-state index in [1.165, 1.54) is 5.56 Å². The van der Waals surface area contributed by atoms with Crippen molar-refractivity contribution < 1.29 is 4.79 Å². The first-order chi connectivity index (χ1) is 9.39. The maximum absolute atomic E-state index is 11.7. The molecule has 0 saturated heterocycles. The van der Waals surface area contributed by atoms with Gasteiger partial charge in [0, 0.05) is 12.1 Å². The molecular weight excluding hydrogens is 248 g/mol. The van der Waals surface area contributed by atoms with Crippen LogP contribution in [0.15, 0.2) is 30.3 Å². The standard InChI is InChI=1S/C17H28N2O/c1-14(2)12-18-16(20)13-19-17(3,4)11-10-15-8-6-5-7-9-15/h5-9,14,19H,10-13H2,1-4H3,(H,18,20). The molecule has 0 saturated carbocycles. The van der Waals surface area contributed by atoms with Gasteiger partial charge >= 0.3 is 0 Å². The first-order valence-electron chi connectivity index (χ1n) is 7.45. The van der Waals surface area contributed by atoms with Gasteiger partial charge in [-0.2, -0.15) is 0 Å². The van der Waals surface area contributed by atoms with Crippen LogP contribution in [0.1, 0.15) is 39.7 Å². The molecular formula is C17H28N2O. The molecule has 0 fully saturated rings. The van der Waals surface area contributed by atoms with Gasteiger partial charge < -0.3 is 10.6 Å². The van der Waals surface area contributed by atoms with E-state index in [4.69, 9.17) is 0 Å². The van der Waals surface area contributed by atoms with Gasteiger partial charge in [0.15, 0.2) is 0 Å². The number of nitrogens with one attached hydrogen (secondary N) is 2. The van der Waals surface area contributed by atoms with Crippen LogP contribution in [0.4, 0.5) is 0 Å². The van der Waals surface area contributed by atoms with Crippen LogP contribution in [0.25, 0.3) is 0 Å². The van der Waals surface area contributed by atoms with Crippen LogP contribution in [-0.4, -0.2) is 24.5 Å². The van der Waals surface area contributed by atoms with Crippen molar-refractivity contribution in [1.82, 2.24) is 10.6 Å². The number of amides is 1. The molecule has 1 rings (SSSR count). The number of aryl methyl sites for hydroxylation is 1. The highest BCUT2D eigenvalue weighted by atomic mass is 16.1. The van der Waals surface area contributed by atoms with Crippen LogP contribution in [0.5, 0.6) is 0 Å². The van der Waals surface area contributed by atoms with Gasteiger partial charge in [-0.15, -0.1) is 0 Å². The summed E-state index contributed by atoms with van der Waals surface area (Å²) in [5.74, 6) is 0.566. The molecule has 0 spiro atoms. The Morgan fingerprint density at radius 1 is 1.20 bits per heavy atom. The molecule has 3 nitrogen and oxygen atoms in total. The molecule has 20 heavy (non-hydrogen) atoms. The fourth-order valence-corrected chi connectivity index (χ4v) is 1.89. The van der Waals surface area contributed by atoms with Gasteiger partial charge in [0.25, 0.3) is 0 Å². The second-order valence-electron chi connectivity index (χ2n) is 6.42. The van der Waals surface area contributed by atoms with Crippen molar-refractivity contribution in [2.75, 3.05) is 13.1 Å². The minimum atomic E-state index is -0.0367. The van der Waals surface area contributed by atoms with Gasteiger partial charge in [-0.05, 0) is 38.2 Å². The van der Waals surface area contributed by atoms with E-state index in [2.05, 4.69) is 62.6 Å². The predicted octanol–water partition coefficient (Wildman–Crippen LogP) is 2.76. The number of hydrogen-bond acceptors (Lipinski definition) is 2. The van der Waals surface area contributed by atoms with Crippen molar-refractivity contribution in [2.45, 2.75) is 46.1 Å². The molecule has 2 N–H and O–H groups in total. The lowest BCUT2D eigenvalue weighted by molar-refractivity contribution is -0.120. The topological polar surface area (TPSA) is 41.1 Å². The van der Waals surface area contributed by atoms with Crippen molar-refractivity contribution >= 4 is 5.91 Å². The maximum Gasteiger partial charge on any atom is 0.233 e. The number of hydrogen-bond donors (Lipinski definition) is 2. The Morgan fingerprint density at radius 3 is 2.45 bits per heavy atom. The molecule has 1 aromatic carbocycles. The summed E-state index contributed by atoms with van der Waals surface area (Å²) in [4.78, 5) is 11.7. The highest BCUT2D eigenvalue weighted by Crippen LogP contribution is 2.13. The number of benzene rings is 1. The average Bonchev–Trinajstić information content (AvgIpc) is 2.42. The third-order valence-corrected chi connectivity index (χ3v) is 3.32. The lowest BCUT2D eigenvalue weighted by Gasteiger charge is -2.26. The number of carbonyl (C=O) groups excluding carboxylic acids is 1. The quantitative estimate of drug-likeness (QED) is 0.766. The Balaban J connectivity index is 2.28. The van der Waals surface area contributed by atoms with Crippen LogP contribution >= 0.6 is 0 Å². The summed E-state index contributed by atoms with van der Waals surface area (Å²) in [5, 5.41) is 6.27. The van der Waals surface area contributed by atoms with E-state index in [1.54, 1.807) is 0 Å². The Hall–Kier alpha value is -1.35. The van der Waals surface area contributed by atoms with Gasteiger partial charge in [-0.1, -0.05) is 44.2 Å². The van der Waals surface area contributed by atoms with Crippen molar-refractivity contribution in [3.63, 3.8) is 0 Å². The lowest BCUT2D eigenvalue weighted by atomic mass is 9.95. The summed E-state index contributed by atoms with van der Waals surface area (Å²) in [7, 11) is 0. The van der Waals surface area contributed by atoms with Crippen molar-refractivity contribution in [2.24, 2.45) is 5.92 Å². The number of rotatable bonds is 8. The van der Waals surface area contributed by atoms with Gasteiger partial charge in [0.1, 0.15) is 0 Å². The maximum atomic E-state index is 11.7. The minimum absolute atomic E-state index is 0.0367. The Bertz CT molecular complexity index is 399. The Labute approximate surface area is 123 Å². The highest BCUT2D eigenvalue weighted by molar-refractivity contribution is 5.78. The molecule has 3 heteroatoms. The molecule has 1 aromatic rings. The summed E-state index contributed by atoms with van der Waals surface area (Å²) in [5.41, 5.74) is 1.30. The third-order valence-electron chi connectivity index (χ3n) is 3.32. The largest absolute Gasteiger partial charge is 0.355 e. The van der Waals surface area contributed by atoms with Crippen LogP contribution in [-0.2, 0) is 11.2 Å². The van der Waals surface area contributed by atoms with Crippen molar-refractivity contribution in [3.05, 3.63) is 35.9 Å². The first kappa shape index (κ1) is 16.7. The summed E-state index contributed by atoms with van der Waals surface area (Å²) >= 11 is 0. The lowest BCUT2D eigenvalue weighted by Crippen LogP contribution is -2.46.